The molecule has 3 rings (SSSR count). The van der Waals surface area contributed by atoms with E-state index in [1.54, 1.807) is 0 Å². The third-order valence-corrected chi connectivity index (χ3v) is 5.02. The van der Waals surface area contributed by atoms with Crippen LogP contribution in [-0.4, -0.2) is 13.1 Å². The van der Waals surface area contributed by atoms with Gasteiger partial charge in [-0.25, -0.2) is 0 Å². The second kappa shape index (κ2) is 2.07. The first kappa shape index (κ1) is 8.51. The molecule has 3 atom stereocenters. The largest absolute Gasteiger partial charge is 0.469 e. The van der Waals surface area contributed by atoms with E-state index in [4.69, 9.17) is 4.74 Å². The molecule has 2 nitrogen and oxygen atoms in total. The van der Waals surface area contributed by atoms with E-state index in [-0.39, 0.29) is 16.8 Å². The van der Waals surface area contributed by atoms with Crippen LogP contribution in [0.15, 0.2) is 12.2 Å². The average Bonchev–Trinajstić information content (AvgIpc) is 2.55. The van der Waals surface area contributed by atoms with Crippen molar-refractivity contribution in [3.8, 4) is 0 Å². The molecule has 0 unspecified atom stereocenters. The number of methoxy groups -OCH3 is 1. The lowest BCUT2D eigenvalue weighted by Crippen LogP contribution is -2.35. The summed E-state index contributed by atoms with van der Waals surface area (Å²) in [5.41, 5.74) is 0.387. The Morgan fingerprint density at radius 1 is 1.43 bits per heavy atom. The Bertz CT molecular complexity index is 346. The van der Waals surface area contributed by atoms with E-state index < -0.39 is 0 Å². The van der Waals surface area contributed by atoms with Crippen LogP contribution in [0.25, 0.3) is 0 Å². The van der Waals surface area contributed by atoms with Crippen molar-refractivity contribution >= 4 is 5.97 Å². The first-order valence-electron chi connectivity index (χ1n) is 5.36. The van der Waals surface area contributed by atoms with Gasteiger partial charge >= 0.3 is 5.97 Å². The number of carbonyl (C=O) groups is 1. The summed E-state index contributed by atoms with van der Waals surface area (Å²) >= 11 is 0. The van der Waals surface area contributed by atoms with Gasteiger partial charge in [0.25, 0.3) is 0 Å². The fourth-order valence-corrected chi connectivity index (χ4v) is 4.07. The Labute approximate surface area is 84.3 Å². The molecule has 3 aliphatic carbocycles. The molecule has 0 heterocycles. The van der Waals surface area contributed by atoms with Gasteiger partial charge < -0.3 is 4.74 Å². The Hall–Kier alpha value is -0.790. The fraction of sp³-hybridized carbons (Fsp3) is 0.750. The van der Waals surface area contributed by atoms with Crippen LogP contribution >= 0.6 is 0 Å². The van der Waals surface area contributed by atoms with E-state index in [1.807, 2.05) is 0 Å². The van der Waals surface area contributed by atoms with Gasteiger partial charge in [0, 0.05) is 5.41 Å². The van der Waals surface area contributed by atoms with Gasteiger partial charge in [0.2, 0.25) is 0 Å². The first-order valence-corrected chi connectivity index (χ1v) is 5.36. The molecular formula is C12H16O2. The second-order valence-electron chi connectivity index (χ2n) is 5.39. The standard InChI is InChI=1S/C12H16O2/c1-10-6-7-11(9(13)14-2)4-3-5-12(10,11)8-10/h3,5H,4,6-8H2,1-2H3/t10-,11+,12+/m1/s1. The predicted octanol–water partition coefficient (Wildman–Crippen LogP) is 2.30. The highest BCUT2D eigenvalue weighted by Crippen LogP contribution is 2.83. The predicted molar refractivity (Wildman–Crippen MR) is 52.6 cm³/mol. The molecule has 3 aliphatic rings. The number of carbonyl (C=O) groups excluding carboxylic acids is 1. The van der Waals surface area contributed by atoms with Crippen molar-refractivity contribution in [3.63, 3.8) is 0 Å². The highest BCUT2D eigenvalue weighted by Gasteiger charge is 2.79. The van der Waals surface area contributed by atoms with Gasteiger partial charge in [0.1, 0.15) is 0 Å². The molecule has 0 aromatic carbocycles. The Morgan fingerprint density at radius 2 is 2.21 bits per heavy atom. The minimum Gasteiger partial charge on any atom is -0.469 e. The van der Waals surface area contributed by atoms with E-state index in [0.717, 1.165) is 12.8 Å². The van der Waals surface area contributed by atoms with Gasteiger partial charge in [-0.15, -0.1) is 0 Å². The summed E-state index contributed by atoms with van der Waals surface area (Å²) < 4.78 is 5.00. The molecule has 2 heteroatoms. The average molecular weight is 192 g/mol. The summed E-state index contributed by atoms with van der Waals surface area (Å²) in [5, 5.41) is 0. The number of rotatable bonds is 1. The SMILES string of the molecule is COC(=O)[C@@]12CC=C[C@@]13C[C@@]3(C)CC2. The maximum atomic E-state index is 11.9. The monoisotopic (exact) mass is 192 g/mol. The minimum atomic E-state index is -0.184. The molecule has 2 saturated carbocycles. The van der Waals surface area contributed by atoms with Crippen LogP contribution in [0, 0.1) is 16.2 Å². The van der Waals surface area contributed by atoms with Gasteiger partial charge in [-0.3, -0.25) is 4.79 Å². The summed E-state index contributed by atoms with van der Waals surface area (Å²) in [7, 11) is 1.52. The molecule has 0 N–H and O–H groups in total. The zero-order chi connectivity index (χ0) is 10.0. The normalized spacial score (nSPS) is 52.7. The maximum Gasteiger partial charge on any atom is 0.313 e. The van der Waals surface area contributed by atoms with Crippen molar-refractivity contribution in [2.24, 2.45) is 16.2 Å². The molecule has 0 aromatic heterocycles. The Kier molecular flexibility index (Phi) is 1.26. The Morgan fingerprint density at radius 3 is 2.86 bits per heavy atom. The van der Waals surface area contributed by atoms with Gasteiger partial charge in [-0.2, -0.15) is 0 Å². The number of hydrogen-bond donors (Lipinski definition) is 0. The molecule has 0 aromatic rings. The summed E-state index contributed by atoms with van der Waals surface area (Å²) in [5.74, 6) is 0.0173. The van der Waals surface area contributed by atoms with Crippen LogP contribution in [0.4, 0.5) is 0 Å². The quantitative estimate of drug-likeness (QED) is 0.470. The summed E-state index contributed by atoms with van der Waals surface area (Å²) in [6.07, 6.45) is 8.76. The van der Waals surface area contributed by atoms with Gasteiger partial charge in [-0.05, 0) is 31.1 Å². The molecule has 0 bridgehead atoms. The highest BCUT2D eigenvalue weighted by atomic mass is 16.5. The van der Waals surface area contributed by atoms with Gasteiger partial charge in [-0.1, -0.05) is 19.1 Å². The van der Waals surface area contributed by atoms with Crippen molar-refractivity contribution in [1.82, 2.24) is 0 Å². The molecule has 0 amide bonds. The minimum absolute atomic E-state index is 0.0173. The molecule has 1 spiro atoms. The smallest absolute Gasteiger partial charge is 0.313 e. The Balaban J connectivity index is 2.07. The van der Waals surface area contributed by atoms with Crippen LogP contribution in [0.1, 0.15) is 32.6 Å². The molecule has 2 fully saturated rings. The molecule has 0 aliphatic heterocycles. The van der Waals surface area contributed by atoms with Crippen LogP contribution < -0.4 is 0 Å². The lowest BCUT2D eigenvalue weighted by Gasteiger charge is -2.29. The number of esters is 1. The van der Waals surface area contributed by atoms with E-state index in [9.17, 15) is 4.79 Å². The van der Waals surface area contributed by atoms with Crippen LogP contribution in [0.5, 0.6) is 0 Å². The number of allylic oxidation sites excluding steroid dienone is 2. The van der Waals surface area contributed by atoms with Gasteiger partial charge in [0.05, 0.1) is 12.5 Å². The lowest BCUT2D eigenvalue weighted by molar-refractivity contribution is -0.155. The molecule has 0 saturated heterocycles. The summed E-state index contributed by atoms with van der Waals surface area (Å²) in [6.45, 7) is 2.31. The number of hydrogen-bond acceptors (Lipinski definition) is 2. The van der Waals surface area contributed by atoms with Crippen LogP contribution in [0.2, 0.25) is 0 Å². The summed E-state index contributed by atoms with van der Waals surface area (Å²) in [4.78, 5) is 11.9. The van der Waals surface area contributed by atoms with Crippen molar-refractivity contribution < 1.29 is 9.53 Å². The topological polar surface area (TPSA) is 26.3 Å². The zero-order valence-corrected chi connectivity index (χ0v) is 8.80. The molecule has 0 radical (unpaired) electrons. The van der Waals surface area contributed by atoms with Gasteiger partial charge in [0.15, 0.2) is 0 Å². The summed E-state index contributed by atoms with van der Waals surface area (Å²) in [6, 6.07) is 0. The van der Waals surface area contributed by atoms with Crippen LogP contribution in [0.3, 0.4) is 0 Å². The number of ether oxygens (including phenoxy) is 1. The third kappa shape index (κ3) is 0.598. The second-order valence-corrected chi connectivity index (χ2v) is 5.39. The first-order chi connectivity index (χ1) is 6.60. The third-order valence-electron chi connectivity index (χ3n) is 5.02. The van der Waals surface area contributed by atoms with Crippen molar-refractivity contribution in [2.75, 3.05) is 7.11 Å². The molecule has 14 heavy (non-hydrogen) atoms. The van der Waals surface area contributed by atoms with Crippen molar-refractivity contribution in [3.05, 3.63) is 12.2 Å². The molecular weight excluding hydrogens is 176 g/mol. The lowest BCUT2D eigenvalue weighted by atomic mass is 9.74. The maximum absolute atomic E-state index is 11.9. The van der Waals surface area contributed by atoms with E-state index in [1.165, 1.54) is 20.0 Å². The highest BCUT2D eigenvalue weighted by molar-refractivity contribution is 5.81. The van der Waals surface area contributed by atoms with Crippen molar-refractivity contribution in [2.45, 2.75) is 32.6 Å². The van der Waals surface area contributed by atoms with E-state index in [2.05, 4.69) is 19.1 Å². The zero-order valence-electron chi connectivity index (χ0n) is 8.80. The van der Waals surface area contributed by atoms with E-state index in [0.29, 0.717) is 5.41 Å². The fourth-order valence-electron chi connectivity index (χ4n) is 4.07. The van der Waals surface area contributed by atoms with Crippen LogP contribution in [-0.2, 0) is 9.53 Å². The van der Waals surface area contributed by atoms with Crippen molar-refractivity contribution in [1.29, 1.82) is 0 Å². The molecule has 76 valence electrons. The van der Waals surface area contributed by atoms with E-state index >= 15 is 0 Å².